The van der Waals surface area contributed by atoms with E-state index in [1.165, 1.54) is 6.07 Å². The largest absolute Gasteiger partial charge is 0.474 e. The summed E-state index contributed by atoms with van der Waals surface area (Å²) in [6.07, 6.45) is 1.42. The van der Waals surface area contributed by atoms with Crippen molar-refractivity contribution in [3.63, 3.8) is 0 Å². The number of ether oxygens (including phenoxy) is 1. The highest BCUT2D eigenvalue weighted by Gasteiger charge is 2.12. The van der Waals surface area contributed by atoms with Gasteiger partial charge >= 0.3 is 0 Å². The maximum atomic E-state index is 13.3. The summed E-state index contributed by atoms with van der Waals surface area (Å²) in [7, 11) is 0. The summed E-state index contributed by atoms with van der Waals surface area (Å²) >= 11 is 5.87. The summed E-state index contributed by atoms with van der Waals surface area (Å²) in [4.78, 5) is 0. The maximum Gasteiger partial charge on any atom is 0.147 e. The Morgan fingerprint density at radius 3 is 2.71 bits per heavy atom. The molecule has 21 heavy (non-hydrogen) atoms. The van der Waals surface area contributed by atoms with E-state index in [4.69, 9.17) is 22.1 Å². The van der Waals surface area contributed by atoms with Crippen molar-refractivity contribution in [1.82, 2.24) is 4.57 Å². The van der Waals surface area contributed by atoms with Crippen LogP contribution in [0.15, 0.2) is 48.7 Å². The Balaban J connectivity index is 2.20. The van der Waals surface area contributed by atoms with Gasteiger partial charge in [-0.05, 0) is 37.3 Å². The zero-order chi connectivity index (χ0) is 15.0. The van der Waals surface area contributed by atoms with E-state index in [-0.39, 0.29) is 5.02 Å². The van der Waals surface area contributed by atoms with Gasteiger partial charge in [-0.3, -0.25) is 5.73 Å². The summed E-state index contributed by atoms with van der Waals surface area (Å²) in [6, 6.07) is 12.4. The van der Waals surface area contributed by atoms with Crippen molar-refractivity contribution in [3.05, 3.63) is 59.5 Å². The molecule has 0 amide bonds. The van der Waals surface area contributed by atoms with Crippen LogP contribution >= 0.6 is 11.6 Å². The molecule has 2 N–H and O–H groups in total. The smallest absolute Gasteiger partial charge is 0.147 e. The van der Waals surface area contributed by atoms with Gasteiger partial charge < -0.3 is 9.30 Å². The Labute approximate surface area is 126 Å². The van der Waals surface area contributed by atoms with Crippen molar-refractivity contribution in [1.29, 1.82) is 0 Å². The minimum atomic E-state index is -0.441. The van der Waals surface area contributed by atoms with Gasteiger partial charge in [0, 0.05) is 11.1 Å². The monoisotopic (exact) mass is 304 g/mol. The molecule has 108 valence electrons. The van der Waals surface area contributed by atoms with E-state index in [9.17, 15) is 4.39 Å². The number of para-hydroxylation sites is 1. The van der Waals surface area contributed by atoms with Gasteiger partial charge in [0.2, 0.25) is 0 Å². The number of hydrogen-bond acceptors (Lipinski definition) is 2. The minimum absolute atomic E-state index is 0.0833. The minimum Gasteiger partial charge on any atom is -0.474 e. The van der Waals surface area contributed by atoms with Gasteiger partial charge in [0.05, 0.1) is 16.7 Å². The Kier molecular flexibility index (Phi) is 3.57. The third-order valence-electron chi connectivity index (χ3n) is 3.17. The first-order valence-electron chi connectivity index (χ1n) is 6.54. The highest BCUT2D eigenvalue weighted by atomic mass is 35.5. The Morgan fingerprint density at radius 2 is 2.00 bits per heavy atom. The van der Waals surface area contributed by atoms with Crippen molar-refractivity contribution in [2.24, 2.45) is 5.73 Å². The molecule has 1 atom stereocenters. The fourth-order valence-electron chi connectivity index (χ4n) is 2.29. The number of halogens is 2. The molecule has 0 bridgehead atoms. The molecule has 0 radical (unpaired) electrons. The van der Waals surface area contributed by atoms with Crippen molar-refractivity contribution in [3.8, 4) is 11.4 Å². The Morgan fingerprint density at radius 1 is 1.24 bits per heavy atom. The van der Waals surface area contributed by atoms with Crippen LogP contribution in [0.5, 0.6) is 5.75 Å². The van der Waals surface area contributed by atoms with Gasteiger partial charge in [0.25, 0.3) is 0 Å². The average molecular weight is 305 g/mol. The number of rotatable bonds is 3. The number of aromatic nitrogens is 1. The third-order valence-corrected chi connectivity index (χ3v) is 3.46. The van der Waals surface area contributed by atoms with Gasteiger partial charge in [-0.25, -0.2) is 4.39 Å². The molecule has 5 heteroatoms. The number of fused-ring (bicyclic) bond motifs is 1. The van der Waals surface area contributed by atoms with Crippen molar-refractivity contribution in [2.75, 3.05) is 0 Å². The van der Waals surface area contributed by atoms with Crippen LogP contribution in [-0.4, -0.2) is 10.8 Å². The first kappa shape index (κ1) is 13.9. The molecule has 3 rings (SSSR count). The lowest BCUT2D eigenvalue weighted by Gasteiger charge is -2.07. The predicted octanol–water partition coefficient (Wildman–Crippen LogP) is 4.11. The molecule has 0 fully saturated rings. The van der Waals surface area contributed by atoms with Gasteiger partial charge in [0.1, 0.15) is 17.8 Å². The molecule has 0 aliphatic heterocycles. The Hall–Kier alpha value is -2.04. The fraction of sp³-hybridized carbons (Fsp3) is 0.125. The van der Waals surface area contributed by atoms with Crippen LogP contribution in [0, 0.1) is 5.82 Å². The topological polar surface area (TPSA) is 40.2 Å². The lowest BCUT2D eigenvalue weighted by Crippen LogP contribution is -2.22. The zero-order valence-electron chi connectivity index (χ0n) is 11.4. The molecule has 0 aliphatic rings. The van der Waals surface area contributed by atoms with Crippen molar-refractivity contribution >= 4 is 22.5 Å². The fourth-order valence-corrected chi connectivity index (χ4v) is 2.47. The third kappa shape index (κ3) is 2.60. The molecule has 1 aromatic heterocycles. The normalized spacial score (nSPS) is 12.6. The van der Waals surface area contributed by atoms with Crippen LogP contribution in [0.1, 0.15) is 6.92 Å². The van der Waals surface area contributed by atoms with E-state index in [2.05, 4.69) is 0 Å². The maximum absolute atomic E-state index is 13.3. The van der Waals surface area contributed by atoms with E-state index >= 15 is 0 Å². The molecule has 0 saturated carbocycles. The highest BCUT2D eigenvalue weighted by molar-refractivity contribution is 6.30. The van der Waals surface area contributed by atoms with Gasteiger partial charge in [-0.1, -0.05) is 23.7 Å². The highest BCUT2D eigenvalue weighted by Crippen LogP contribution is 2.31. The van der Waals surface area contributed by atoms with Crippen LogP contribution in [0.3, 0.4) is 0 Å². The predicted molar refractivity (Wildman–Crippen MR) is 82.5 cm³/mol. The van der Waals surface area contributed by atoms with Crippen LogP contribution in [0.25, 0.3) is 16.6 Å². The zero-order valence-corrected chi connectivity index (χ0v) is 12.1. The number of nitrogens with two attached hydrogens (primary N) is 1. The molecular weight excluding hydrogens is 291 g/mol. The molecule has 0 saturated heterocycles. The van der Waals surface area contributed by atoms with Crippen molar-refractivity contribution < 1.29 is 9.13 Å². The summed E-state index contributed by atoms with van der Waals surface area (Å²) in [6.45, 7) is 1.76. The number of nitrogens with zero attached hydrogens (tertiary/aromatic N) is 1. The standard InChI is InChI=1S/C16H14ClFN2O/c1-10(19)21-16-9-20(15-5-3-2-4-12(15)16)11-6-7-14(18)13(17)8-11/h2-10H,19H2,1H3. The lowest BCUT2D eigenvalue weighted by molar-refractivity contribution is 0.233. The first-order valence-corrected chi connectivity index (χ1v) is 6.92. The van der Waals surface area contributed by atoms with E-state index in [1.807, 2.05) is 35.0 Å². The second kappa shape index (κ2) is 5.39. The molecule has 2 aromatic carbocycles. The lowest BCUT2D eigenvalue weighted by atomic mass is 10.2. The van der Waals surface area contributed by atoms with Gasteiger partial charge in [-0.15, -0.1) is 0 Å². The molecule has 3 nitrogen and oxygen atoms in total. The molecule has 0 aliphatic carbocycles. The van der Waals surface area contributed by atoms with E-state index < -0.39 is 12.0 Å². The molecule has 0 spiro atoms. The van der Waals surface area contributed by atoms with Gasteiger partial charge in [0.15, 0.2) is 0 Å². The van der Waals surface area contributed by atoms with E-state index in [1.54, 1.807) is 19.1 Å². The summed E-state index contributed by atoms with van der Waals surface area (Å²) < 4.78 is 20.9. The number of benzene rings is 2. The van der Waals surface area contributed by atoms with Crippen LogP contribution in [0.4, 0.5) is 4.39 Å². The summed E-state index contributed by atoms with van der Waals surface area (Å²) in [5.41, 5.74) is 7.41. The van der Waals surface area contributed by atoms with Crippen LogP contribution in [0.2, 0.25) is 5.02 Å². The van der Waals surface area contributed by atoms with Crippen molar-refractivity contribution in [2.45, 2.75) is 13.2 Å². The average Bonchev–Trinajstić information content (AvgIpc) is 2.80. The SMILES string of the molecule is CC(N)Oc1cn(-c2ccc(F)c(Cl)c2)c2ccccc12. The Bertz CT molecular complexity index is 798. The summed E-state index contributed by atoms with van der Waals surface area (Å²) in [5, 5.41) is 1.02. The quantitative estimate of drug-likeness (QED) is 0.740. The molecule has 3 aromatic rings. The van der Waals surface area contributed by atoms with Crippen LogP contribution < -0.4 is 10.5 Å². The van der Waals surface area contributed by atoms with Gasteiger partial charge in [-0.2, -0.15) is 0 Å². The van der Waals surface area contributed by atoms with E-state index in [0.717, 1.165) is 16.6 Å². The second-order valence-electron chi connectivity index (χ2n) is 4.80. The summed E-state index contributed by atoms with van der Waals surface area (Å²) in [5.74, 6) is 0.241. The number of hydrogen-bond donors (Lipinski definition) is 1. The molecular formula is C16H14ClFN2O. The second-order valence-corrected chi connectivity index (χ2v) is 5.21. The molecule has 1 heterocycles. The van der Waals surface area contributed by atoms with Crippen LogP contribution in [-0.2, 0) is 0 Å². The molecule has 1 unspecified atom stereocenters. The van der Waals surface area contributed by atoms with E-state index in [0.29, 0.717) is 5.75 Å². The first-order chi connectivity index (χ1) is 10.1.